The number of likely N-dealkylation sites (tertiary alicyclic amines) is 1. The smallest absolute Gasteiger partial charge is 0.193 e. The number of aliphatic imine (C=N–C) groups is 1. The molecule has 2 aliphatic rings. The first-order valence-corrected chi connectivity index (χ1v) is 8.51. The van der Waals surface area contributed by atoms with E-state index in [1.807, 2.05) is 7.05 Å². The average molecular weight is 313 g/mol. The third kappa shape index (κ3) is 5.74. The Morgan fingerprint density at radius 1 is 1.27 bits per heavy atom. The van der Waals surface area contributed by atoms with Gasteiger partial charge >= 0.3 is 0 Å². The molecule has 128 valence electrons. The van der Waals surface area contributed by atoms with Crippen molar-refractivity contribution in [1.82, 2.24) is 10.2 Å². The molecule has 2 fully saturated rings. The molecule has 2 saturated heterocycles. The van der Waals surface area contributed by atoms with Gasteiger partial charge in [0.15, 0.2) is 5.96 Å². The van der Waals surface area contributed by atoms with E-state index in [0.29, 0.717) is 18.8 Å². The van der Waals surface area contributed by atoms with Gasteiger partial charge in [0.25, 0.3) is 0 Å². The molecule has 0 aromatic carbocycles. The zero-order valence-corrected chi connectivity index (χ0v) is 14.1. The van der Waals surface area contributed by atoms with E-state index in [1.54, 1.807) is 7.11 Å². The maximum atomic E-state index is 6.05. The third-order valence-corrected chi connectivity index (χ3v) is 4.33. The van der Waals surface area contributed by atoms with Crippen LogP contribution >= 0.6 is 0 Å². The molecule has 2 heterocycles. The van der Waals surface area contributed by atoms with Crippen LogP contribution in [0.2, 0.25) is 0 Å². The monoisotopic (exact) mass is 313 g/mol. The molecule has 1 unspecified atom stereocenters. The van der Waals surface area contributed by atoms with Gasteiger partial charge in [-0.3, -0.25) is 4.99 Å². The third-order valence-electron chi connectivity index (χ3n) is 4.33. The lowest BCUT2D eigenvalue weighted by molar-refractivity contribution is -0.0721. The molecule has 2 rings (SSSR count). The number of hydrogen-bond acceptors (Lipinski definition) is 4. The molecule has 0 saturated carbocycles. The van der Waals surface area contributed by atoms with Gasteiger partial charge in [-0.2, -0.15) is 0 Å². The van der Waals surface area contributed by atoms with E-state index in [1.165, 1.54) is 12.8 Å². The molecule has 0 aromatic rings. The fourth-order valence-corrected chi connectivity index (χ4v) is 3.01. The highest BCUT2D eigenvalue weighted by Crippen LogP contribution is 2.17. The predicted molar refractivity (Wildman–Crippen MR) is 87.4 cm³/mol. The molecular formula is C16H31N3O3. The average Bonchev–Trinajstić information content (AvgIpc) is 2.59. The van der Waals surface area contributed by atoms with Crippen molar-refractivity contribution in [2.45, 2.75) is 44.3 Å². The molecule has 6 heteroatoms. The van der Waals surface area contributed by atoms with Crippen molar-refractivity contribution in [3.05, 3.63) is 0 Å². The summed E-state index contributed by atoms with van der Waals surface area (Å²) in [6, 6.07) is 0. The second-order valence-corrected chi connectivity index (χ2v) is 5.98. The van der Waals surface area contributed by atoms with Gasteiger partial charge in [0.05, 0.1) is 25.4 Å². The van der Waals surface area contributed by atoms with Crippen molar-refractivity contribution in [2.75, 3.05) is 53.6 Å². The maximum absolute atomic E-state index is 6.05. The second kappa shape index (κ2) is 10.0. The standard InChI is InChI=1S/C16H31N3O3/c1-17-16(18-8-12-20-2)19-9-6-14(7-10-19)22-13-15-5-3-4-11-21-15/h14-15H,3-13H2,1-2H3,(H,17,18). The summed E-state index contributed by atoms with van der Waals surface area (Å²) in [5, 5.41) is 3.33. The van der Waals surface area contributed by atoms with Gasteiger partial charge in [0.2, 0.25) is 0 Å². The molecular weight excluding hydrogens is 282 g/mol. The van der Waals surface area contributed by atoms with Crippen LogP contribution in [0.5, 0.6) is 0 Å². The molecule has 6 nitrogen and oxygen atoms in total. The molecule has 0 amide bonds. The minimum atomic E-state index is 0.315. The zero-order valence-electron chi connectivity index (χ0n) is 14.1. The highest BCUT2D eigenvalue weighted by Gasteiger charge is 2.23. The molecule has 22 heavy (non-hydrogen) atoms. The maximum Gasteiger partial charge on any atom is 0.193 e. The fourth-order valence-electron chi connectivity index (χ4n) is 3.01. The highest BCUT2D eigenvalue weighted by molar-refractivity contribution is 5.79. The summed E-state index contributed by atoms with van der Waals surface area (Å²) >= 11 is 0. The van der Waals surface area contributed by atoms with Crippen molar-refractivity contribution in [2.24, 2.45) is 4.99 Å². The molecule has 2 aliphatic heterocycles. The summed E-state index contributed by atoms with van der Waals surface area (Å²) in [7, 11) is 3.54. The summed E-state index contributed by atoms with van der Waals surface area (Å²) < 4.78 is 16.8. The Labute approximate surface area is 134 Å². The number of ether oxygens (including phenoxy) is 3. The molecule has 0 aliphatic carbocycles. The van der Waals surface area contributed by atoms with E-state index >= 15 is 0 Å². The van der Waals surface area contributed by atoms with Crippen LogP contribution in [0.25, 0.3) is 0 Å². The van der Waals surface area contributed by atoms with E-state index in [2.05, 4.69) is 15.2 Å². The quantitative estimate of drug-likeness (QED) is 0.454. The van der Waals surface area contributed by atoms with E-state index in [4.69, 9.17) is 14.2 Å². The Kier molecular flexibility index (Phi) is 7.98. The molecule has 0 spiro atoms. The van der Waals surface area contributed by atoms with Gasteiger partial charge in [-0.05, 0) is 32.1 Å². The first-order valence-electron chi connectivity index (χ1n) is 8.51. The molecule has 1 atom stereocenters. The van der Waals surface area contributed by atoms with Crippen LogP contribution in [0, 0.1) is 0 Å². The number of hydrogen-bond donors (Lipinski definition) is 1. The van der Waals surface area contributed by atoms with E-state index < -0.39 is 0 Å². The summed E-state index contributed by atoms with van der Waals surface area (Å²) in [6.07, 6.45) is 6.40. The van der Waals surface area contributed by atoms with Crippen molar-refractivity contribution < 1.29 is 14.2 Å². The van der Waals surface area contributed by atoms with Gasteiger partial charge in [0.1, 0.15) is 0 Å². The van der Waals surface area contributed by atoms with Gasteiger partial charge < -0.3 is 24.4 Å². The van der Waals surface area contributed by atoms with Crippen LogP contribution in [-0.2, 0) is 14.2 Å². The Balaban J connectivity index is 1.63. The topological polar surface area (TPSA) is 55.3 Å². The normalized spacial score (nSPS) is 24.5. The zero-order chi connectivity index (χ0) is 15.6. The lowest BCUT2D eigenvalue weighted by Gasteiger charge is -2.35. The Bertz CT molecular complexity index is 325. The Hall–Kier alpha value is -0.850. The number of methoxy groups -OCH3 is 1. The van der Waals surface area contributed by atoms with Gasteiger partial charge in [0, 0.05) is 40.4 Å². The van der Waals surface area contributed by atoms with Crippen LogP contribution in [-0.4, -0.2) is 76.7 Å². The van der Waals surface area contributed by atoms with Gasteiger partial charge in [-0.1, -0.05) is 0 Å². The minimum Gasteiger partial charge on any atom is -0.383 e. The first kappa shape index (κ1) is 17.5. The van der Waals surface area contributed by atoms with Crippen LogP contribution in [0.15, 0.2) is 4.99 Å². The fraction of sp³-hybridized carbons (Fsp3) is 0.938. The summed E-state index contributed by atoms with van der Waals surface area (Å²) in [5.74, 6) is 0.964. The van der Waals surface area contributed by atoms with Crippen LogP contribution in [0.4, 0.5) is 0 Å². The lowest BCUT2D eigenvalue weighted by Crippen LogP contribution is -2.47. The van der Waals surface area contributed by atoms with E-state index in [0.717, 1.165) is 58.1 Å². The van der Waals surface area contributed by atoms with Crippen molar-refractivity contribution in [1.29, 1.82) is 0 Å². The Morgan fingerprint density at radius 2 is 2.09 bits per heavy atom. The van der Waals surface area contributed by atoms with Gasteiger partial charge in [-0.25, -0.2) is 0 Å². The number of nitrogens with zero attached hydrogens (tertiary/aromatic N) is 2. The van der Waals surface area contributed by atoms with Crippen molar-refractivity contribution in [3.63, 3.8) is 0 Å². The SMILES string of the molecule is CN=C(NCCOC)N1CCC(OCC2CCCCO2)CC1. The predicted octanol–water partition coefficient (Wildman–Crippen LogP) is 1.26. The van der Waals surface area contributed by atoms with Crippen LogP contribution < -0.4 is 5.32 Å². The van der Waals surface area contributed by atoms with Crippen LogP contribution in [0.1, 0.15) is 32.1 Å². The largest absolute Gasteiger partial charge is 0.383 e. The number of piperidine rings is 1. The van der Waals surface area contributed by atoms with Crippen LogP contribution in [0.3, 0.4) is 0 Å². The lowest BCUT2D eigenvalue weighted by atomic mass is 10.1. The summed E-state index contributed by atoms with van der Waals surface area (Å²) in [4.78, 5) is 6.64. The van der Waals surface area contributed by atoms with E-state index in [-0.39, 0.29) is 0 Å². The Morgan fingerprint density at radius 3 is 2.73 bits per heavy atom. The molecule has 0 radical (unpaired) electrons. The second-order valence-electron chi connectivity index (χ2n) is 5.98. The number of rotatable bonds is 6. The molecule has 0 aromatic heterocycles. The number of guanidine groups is 1. The highest BCUT2D eigenvalue weighted by atomic mass is 16.5. The summed E-state index contributed by atoms with van der Waals surface area (Å²) in [6.45, 7) is 5.12. The minimum absolute atomic E-state index is 0.315. The molecule has 0 bridgehead atoms. The summed E-state index contributed by atoms with van der Waals surface area (Å²) in [5.41, 5.74) is 0. The molecule has 1 N–H and O–H groups in total. The van der Waals surface area contributed by atoms with E-state index in [9.17, 15) is 0 Å². The van der Waals surface area contributed by atoms with Crippen molar-refractivity contribution >= 4 is 5.96 Å². The first-order chi connectivity index (χ1) is 10.8. The van der Waals surface area contributed by atoms with Gasteiger partial charge in [-0.15, -0.1) is 0 Å². The van der Waals surface area contributed by atoms with Crippen molar-refractivity contribution in [3.8, 4) is 0 Å². The number of nitrogens with one attached hydrogen (secondary N) is 1.